The van der Waals surface area contributed by atoms with Crippen LogP contribution in [0.5, 0.6) is 0 Å². The zero-order valence-electron chi connectivity index (χ0n) is 15.5. The smallest absolute Gasteiger partial charge is 0.243 e. The van der Waals surface area contributed by atoms with E-state index in [0.29, 0.717) is 18.7 Å². The first-order valence-electron chi connectivity index (χ1n) is 8.41. The van der Waals surface area contributed by atoms with Crippen LogP contribution in [-0.2, 0) is 19.6 Å². The summed E-state index contributed by atoms with van der Waals surface area (Å²) in [4.78, 5) is 25.3. The van der Waals surface area contributed by atoms with E-state index >= 15 is 0 Å². The van der Waals surface area contributed by atoms with Crippen molar-refractivity contribution in [2.75, 3.05) is 39.8 Å². The Labute approximate surface area is 166 Å². The second-order valence-corrected chi connectivity index (χ2v) is 8.10. The molecule has 8 nitrogen and oxygen atoms in total. The van der Waals surface area contributed by atoms with Gasteiger partial charge in [0.05, 0.1) is 17.4 Å². The lowest BCUT2D eigenvalue weighted by Gasteiger charge is -2.34. The lowest BCUT2D eigenvalue weighted by Crippen LogP contribution is -2.51. The van der Waals surface area contributed by atoms with Crippen molar-refractivity contribution in [1.82, 2.24) is 9.21 Å². The molecule has 0 saturated carbocycles. The zero-order chi connectivity index (χ0) is 19.3. The van der Waals surface area contributed by atoms with E-state index in [1.54, 1.807) is 4.90 Å². The van der Waals surface area contributed by atoms with Gasteiger partial charge in [0, 0.05) is 45.4 Å². The molecule has 1 fully saturated rings. The molecule has 10 heteroatoms. The summed E-state index contributed by atoms with van der Waals surface area (Å²) in [5.74, 6) is -0.210. The fourth-order valence-corrected chi connectivity index (χ4v) is 4.20. The van der Waals surface area contributed by atoms with E-state index in [0.717, 1.165) is 0 Å². The Morgan fingerprint density at radius 2 is 1.70 bits per heavy atom. The molecule has 1 unspecified atom stereocenters. The van der Waals surface area contributed by atoms with Crippen LogP contribution in [-0.4, -0.2) is 75.3 Å². The van der Waals surface area contributed by atoms with Gasteiger partial charge in [-0.3, -0.25) is 9.59 Å². The topological polar surface area (TPSA) is 110 Å². The summed E-state index contributed by atoms with van der Waals surface area (Å²) in [6, 6.07) is 5.89. The molecule has 1 aromatic carbocycles. The fraction of sp³-hybridized carbons (Fsp3) is 0.529. The summed E-state index contributed by atoms with van der Waals surface area (Å²) in [6.07, 6.45) is -0.143. The third kappa shape index (κ3) is 5.73. The van der Waals surface area contributed by atoms with Gasteiger partial charge in [-0.1, -0.05) is 12.1 Å². The van der Waals surface area contributed by atoms with Crippen LogP contribution in [0.2, 0.25) is 0 Å². The summed E-state index contributed by atoms with van der Waals surface area (Å²) >= 11 is 0. The molecular weight excluding hydrogens is 394 g/mol. The quantitative estimate of drug-likeness (QED) is 0.644. The summed E-state index contributed by atoms with van der Waals surface area (Å²) in [6.45, 7) is 2.78. The number of hydrogen-bond donors (Lipinski definition) is 1. The van der Waals surface area contributed by atoms with E-state index in [-0.39, 0.29) is 61.2 Å². The monoisotopic (exact) mass is 419 g/mol. The van der Waals surface area contributed by atoms with E-state index in [1.807, 2.05) is 0 Å². The molecule has 0 bridgehead atoms. The molecule has 1 aromatic rings. The average molecular weight is 420 g/mol. The number of benzene rings is 1. The lowest BCUT2D eigenvalue weighted by molar-refractivity contribution is -0.134. The predicted molar refractivity (Wildman–Crippen MR) is 104 cm³/mol. The van der Waals surface area contributed by atoms with E-state index in [4.69, 9.17) is 10.5 Å². The minimum Gasteiger partial charge on any atom is -0.380 e. The van der Waals surface area contributed by atoms with Gasteiger partial charge in [0.25, 0.3) is 0 Å². The maximum absolute atomic E-state index is 12.7. The second-order valence-electron chi connectivity index (χ2n) is 6.16. The van der Waals surface area contributed by atoms with E-state index in [1.165, 1.54) is 42.6 Å². The highest BCUT2D eigenvalue weighted by molar-refractivity contribution is 7.89. The molecule has 1 amide bonds. The first-order chi connectivity index (χ1) is 12.3. The number of nitrogens with two attached hydrogens (primary N) is 1. The molecule has 1 aliphatic rings. The van der Waals surface area contributed by atoms with Crippen molar-refractivity contribution >= 4 is 34.1 Å². The largest absolute Gasteiger partial charge is 0.380 e. The van der Waals surface area contributed by atoms with Crippen LogP contribution >= 0.6 is 12.4 Å². The Balaban J connectivity index is 0.00000364. The van der Waals surface area contributed by atoms with Crippen molar-refractivity contribution in [3.8, 4) is 0 Å². The van der Waals surface area contributed by atoms with E-state index < -0.39 is 10.0 Å². The summed E-state index contributed by atoms with van der Waals surface area (Å²) in [5.41, 5.74) is 5.99. The van der Waals surface area contributed by atoms with Crippen LogP contribution in [0, 0.1) is 0 Å². The number of amides is 1. The average Bonchev–Trinajstić information content (AvgIpc) is 2.66. The number of hydrogen-bond acceptors (Lipinski definition) is 6. The third-order valence-corrected chi connectivity index (χ3v) is 6.40. The molecule has 2 N–H and O–H groups in total. The maximum atomic E-state index is 12.7. The first kappa shape index (κ1) is 23.5. The maximum Gasteiger partial charge on any atom is 0.243 e. The summed E-state index contributed by atoms with van der Waals surface area (Å²) in [7, 11) is -2.14. The SMILES string of the molecule is COC(CN)CC(=O)N1CCN(S(=O)(=O)c2ccc(C(C)=O)cc2)CC1.Cl. The van der Waals surface area contributed by atoms with Gasteiger partial charge in [-0.15, -0.1) is 12.4 Å². The van der Waals surface area contributed by atoms with Crippen LogP contribution in [0.4, 0.5) is 0 Å². The number of piperazine rings is 1. The molecule has 1 heterocycles. The Hall–Kier alpha value is -1.52. The van der Waals surface area contributed by atoms with Gasteiger partial charge in [0.2, 0.25) is 15.9 Å². The van der Waals surface area contributed by atoms with Crippen molar-refractivity contribution < 1.29 is 22.7 Å². The Morgan fingerprint density at radius 1 is 1.15 bits per heavy atom. The van der Waals surface area contributed by atoms with E-state index in [2.05, 4.69) is 0 Å². The first-order valence-corrected chi connectivity index (χ1v) is 9.85. The normalized spacial score (nSPS) is 16.5. The molecule has 1 atom stereocenters. The molecule has 1 aliphatic heterocycles. The van der Waals surface area contributed by atoms with Crippen molar-refractivity contribution in [2.24, 2.45) is 5.73 Å². The van der Waals surface area contributed by atoms with Gasteiger partial charge in [-0.2, -0.15) is 4.31 Å². The molecule has 2 rings (SSSR count). The molecule has 0 aliphatic carbocycles. The highest BCUT2D eigenvalue weighted by Gasteiger charge is 2.30. The van der Waals surface area contributed by atoms with Crippen LogP contribution in [0.3, 0.4) is 0 Å². The van der Waals surface area contributed by atoms with Crippen LogP contribution in [0.1, 0.15) is 23.7 Å². The lowest BCUT2D eigenvalue weighted by atomic mass is 10.2. The molecule has 0 spiro atoms. The predicted octanol–water partition coefficient (Wildman–Crippen LogP) is 0.508. The van der Waals surface area contributed by atoms with Gasteiger partial charge in [0.1, 0.15) is 0 Å². The van der Waals surface area contributed by atoms with Crippen LogP contribution in [0.25, 0.3) is 0 Å². The molecule has 1 saturated heterocycles. The van der Waals surface area contributed by atoms with Gasteiger partial charge in [-0.25, -0.2) is 8.42 Å². The number of ketones is 1. The number of methoxy groups -OCH3 is 1. The standard InChI is InChI=1S/C17H25N3O5S.ClH/c1-13(21)14-3-5-16(6-4-14)26(23,24)20-9-7-19(8-10-20)17(22)11-15(12-18)25-2;/h3-6,15H,7-12,18H2,1-2H3;1H. The van der Waals surface area contributed by atoms with Crippen molar-refractivity contribution in [2.45, 2.75) is 24.3 Å². The zero-order valence-corrected chi connectivity index (χ0v) is 17.1. The number of carbonyl (C=O) groups is 2. The number of nitrogens with zero attached hydrogens (tertiary/aromatic N) is 2. The Bertz CT molecular complexity index is 742. The summed E-state index contributed by atoms with van der Waals surface area (Å²) in [5, 5.41) is 0. The van der Waals surface area contributed by atoms with Gasteiger partial charge in [-0.05, 0) is 19.1 Å². The van der Waals surface area contributed by atoms with Gasteiger partial charge >= 0.3 is 0 Å². The minimum atomic E-state index is -3.65. The second kappa shape index (κ2) is 10.1. The molecule has 0 radical (unpaired) electrons. The Kier molecular flexibility index (Phi) is 8.83. The number of ether oxygens (including phenoxy) is 1. The number of sulfonamides is 1. The van der Waals surface area contributed by atoms with Gasteiger partial charge < -0.3 is 15.4 Å². The van der Waals surface area contributed by atoms with Crippen molar-refractivity contribution in [3.63, 3.8) is 0 Å². The van der Waals surface area contributed by atoms with Crippen LogP contribution in [0.15, 0.2) is 29.2 Å². The summed E-state index contributed by atoms with van der Waals surface area (Å²) < 4.78 is 31.9. The minimum absolute atomic E-state index is 0. The fourth-order valence-electron chi connectivity index (χ4n) is 2.78. The molecule has 152 valence electrons. The van der Waals surface area contributed by atoms with Crippen LogP contribution < -0.4 is 5.73 Å². The van der Waals surface area contributed by atoms with Crippen molar-refractivity contribution in [3.05, 3.63) is 29.8 Å². The molecule has 0 aromatic heterocycles. The Morgan fingerprint density at radius 3 is 2.15 bits per heavy atom. The van der Waals surface area contributed by atoms with Crippen molar-refractivity contribution in [1.29, 1.82) is 0 Å². The van der Waals surface area contributed by atoms with Gasteiger partial charge in [0.15, 0.2) is 5.78 Å². The third-order valence-electron chi connectivity index (χ3n) is 4.49. The number of rotatable bonds is 7. The van der Waals surface area contributed by atoms with E-state index in [9.17, 15) is 18.0 Å². The highest BCUT2D eigenvalue weighted by atomic mass is 35.5. The number of carbonyl (C=O) groups excluding carboxylic acids is 2. The molecule has 27 heavy (non-hydrogen) atoms. The molecular formula is C17H26ClN3O5S. The highest BCUT2D eigenvalue weighted by Crippen LogP contribution is 2.19. The number of Topliss-reactive ketones (excluding diaryl/α,β-unsaturated/α-hetero) is 1. The number of halogens is 1.